The Morgan fingerprint density at radius 2 is 1.58 bits per heavy atom. The lowest BCUT2D eigenvalue weighted by Gasteiger charge is -2.32. The number of amides is 2. The van der Waals surface area contributed by atoms with E-state index in [2.05, 4.69) is 5.32 Å². The van der Waals surface area contributed by atoms with Gasteiger partial charge in [0.05, 0.1) is 17.8 Å². The number of hydrogen-bond donors (Lipinski definition) is 1. The molecule has 2 aromatic carbocycles. The van der Waals surface area contributed by atoms with Crippen LogP contribution in [0.25, 0.3) is 0 Å². The smallest absolute Gasteiger partial charge is 0.254 e. The number of benzene rings is 2. The monoisotopic (exact) mass is 322 g/mol. The first-order valence-electron chi connectivity index (χ1n) is 8.13. The first-order chi connectivity index (χ1) is 11.4. The third kappa shape index (κ3) is 3.04. The summed E-state index contributed by atoms with van der Waals surface area (Å²) in [7, 11) is 0. The summed E-state index contributed by atoms with van der Waals surface area (Å²) in [6.07, 6.45) is 0. The van der Waals surface area contributed by atoms with E-state index < -0.39 is 6.04 Å². The topological polar surface area (TPSA) is 49.4 Å². The van der Waals surface area contributed by atoms with Crippen LogP contribution in [0, 0.1) is 5.41 Å². The molecule has 0 spiro atoms. The lowest BCUT2D eigenvalue weighted by molar-refractivity contribution is -0.122. The Kier molecular flexibility index (Phi) is 4.14. The van der Waals surface area contributed by atoms with E-state index in [4.69, 9.17) is 0 Å². The Balaban J connectivity index is 2.09. The van der Waals surface area contributed by atoms with E-state index in [9.17, 15) is 9.59 Å². The number of rotatable bonds is 2. The number of para-hydroxylation sites is 1. The average molecular weight is 322 g/mol. The van der Waals surface area contributed by atoms with Crippen molar-refractivity contribution >= 4 is 17.5 Å². The fourth-order valence-corrected chi connectivity index (χ4v) is 2.96. The van der Waals surface area contributed by atoms with Gasteiger partial charge in [-0.1, -0.05) is 63.2 Å². The van der Waals surface area contributed by atoms with Crippen LogP contribution in [0.4, 0.5) is 5.69 Å². The van der Waals surface area contributed by atoms with Gasteiger partial charge in [0.15, 0.2) is 0 Å². The average Bonchev–Trinajstić information content (AvgIpc) is 2.66. The molecule has 2 aromatic rings. The van der Waals surface area contributed by atoms with Crippen molar-refractivity contribution in [2.24, 2.45) is 5.41 Å². The van der Waals surface area contributed by atoms with Crippen LogP contribution in [0.5, 0.6) is 0 Å². The van der Waals surface area contributed by atoms with Crippen molar-refractivity contribution in [2.75, 3.05) is 4.90 Å². The quantitative estimate of drug-likeness (QED) is 0.921. The molecule has 1 atom stereocenters. The Labute approximate surface area is 142 Å². The highest BCUT2D eigenvalue weighted by Gasteiger charge is 2.39. The molecule has 4 heteroatoms. The standard InChI is InChI=1S/C20H22N2O2/c1-20(2,3)17-19(24)22(13-14-9-5-4-6-10-14)16-12-8-7-11-15(16)18(23)21-17/h4-12,17H,13H2,1-3H3,(H,21,23). The van der Waals surface area contributed by atoms with Crippen molar-refractivity contribution in [3.63, 3.8) is 0 Å². The van der Waals surface area contributed by atoms with Gasteiger partial charge in [-0.3, -0.25) is 9.59 Å². The highest BCUT2D eigenvalue weighted by Crippen LogP contribution is 2.30. The molecule has 24 heavy (non-hydrogen) atoms. The first-order valence-corrected chi connectivity index (χ1v) is 8.13. The maximum Gasteiger partial charge on any atom is 0.254 e. The molecule has 3 rings (SSSR count). The number of anilines is 1. The fraction of sp³-hybridized carbons (Fsp3) is 0.300. The highest BCUT2D eigenvalue weighted by atomic mass is 16.2. The predicted molar refractivity (Wildman–Crippen MR) is 94.8 cm³/mol. The molecule has 124 valence electrons. The van der Waals surface area contributed by atoms with Crippen LogP contribution >= 0.6 is 0 Å². The minimum Gasteiger partial charge on any atom is -0.340 e. The molecule has 0 saturated heterocycles. The van der Waals surface area contributed by atoms with E-state index in [-0.39, 0.29) is 17.2 Å². The van der Waals surface area contributed by atoms with Gasteiger partial charge >= 0.3 is 0 Å². The molecule has 1 heterocycles. The van der Waals surface area contributed by atoms with Crippen LogP contribution in [0.15, 0.2) is 54.6 Å². The van der Waals surface area contributed by atoms with Gasteiger partial charge in [-0.25, -0.2) is 0 Å². The van der Waals surface area contributed by atoms with E-state index >= 15 is 0 Å². The van der Waals surface area contributed by atoms with Crippen LogP contribution in [-0.4, -0.2) is 17.9 Å². The van der Waals surface area contributed by atoms with Gasteiger partial charge in [0.2, 0.25) is 5.91 Å². The molecule has 0 aromatic heterocycles. The van der Waals surface area contributed by atoms with Crippen LogP contribution in [0.2, 0.25) is 0 Å². The van der Waals surface area contributed by atoms with Crippen LogP contribution in [-0.2, 0) is 11.3 Å². The van der Waals surface area contributed by atoms with Crippen LogP contribution < -0.4 is 10.2 Å². The molecule has 1 N–H and O–H groups in total. The molecule has 1 aliphatic heterocycles. The summed E-state index contributed by atoms with van der Waals surface area (Å²) >= 11 is 0. The summed E-state index contributed by atoms with van der Waals surface area (Å²) in [5.74, 6) is -0.279. The van der Waals surface area contributed by atoms with E-state index in [0.717, 1.165) is 5.56 Å². The van der Waals surface area contributed by atoms with Gasteiger partial charge in [-0.15, -0.1) is 0 Å². The summed E-state index contributed by atoms with van der Waals surface area (Å²) < 4.78 is 0. The Morgan fingerprint density at radius 1 is 0.958 bits per heavy atom. The van der Waals surface area contributed by atoms with Crippen molar-refractivity contribution in [3.8, 4) is 0 Å². The first kappa shape index (κ1) is 16.2. The molecule has 0 bridgehead atoms. The SMILES string of the molecule is CC(C)(C)C1NC(=O)c2ccccc2N(Cc2ccccc2)C1=O. The Morgan fingerprint density at radius 3 is 2.25 bits per heavy atom. The molecule has 0 fully saturated rings. The lowest BCUT2D eigenvalue weighted by Crippen LogP contribution is -2.52. The number of fused-ring (bicyclic) bond motifs is 1. The minimum absolute atomic E-state index is 0.0790. The van der Waals surface area contributed by atoms with Gasteiger partial charge in [-0.05, 0) is 23.1 Å². The number of hydrogen-bond acceptors (Lipinski definition) is 2. The third-order valence-electron chi connectivity index (χ3n) is 4.28. The molecule has 2 amide bonds. The predicted octanol–water partition coefficient (Wildman–Crippen LogP) is 3.38. The normalized spacial score (nSPS) is 18.0. The van der Waals surface area contributed by atoms with Crippen molar-refractivity contribution in [2.45, 2.75) is 33.4 Å². The van der Waals surface area contributed by atoms with Crippen molar-refractivity contribution in [3.05, 3.63) is 65.7 Å². The van der Waals surface area contributed by atoms with E-state index in [0.29, 0.717) is 17.8 Å². The third-order valence-corrected chi connectivity index (χ3v) is 4.28. The number of nitrogens with one attached hydrogen (secondary N) is 1. The van der Waals surface area contributed by atoms with Crippen LogP contribution in [0.1, 0.15) is 36.7 Å². The number of carbonyl (C=O) groups is 2. The van der Waals surface area contributed by atoms with Crippen LogP contribution in [0.3, 0.4) is 0 Å². The molecule has 0 saturated carbocycles. The lowest BCUT2D eigenvalue weighted by atomic mass is 9.86. The minimum atomic E-state index is -0.568. The number of nitrogens with zero attached hydrogens (tertiary/aromatic N) is 1. The molecular formula is C20H22N2O2. The van der Waals surface area contributed by atoms with Gasteiger partial charge in [0, 0.05) is 0 Å². The Hall–Kier alpha value is -2.62. The molecule has 1 aliphatic rings. The molecular weight excluding hydrogens is 300 g/mol. The van der Waals surface area contributed by atoms with E-state index in [1.54, 1.807) is 11.0 Å². The largest absolute Gasteiger partial charge is 0.340 e. The van der Waals surface area contributed by atoms with Gasteiger partial charge < -0.3 is 10.2 Å². The highest BCUT2D eigenvalue weighted by molar-refractivity contribution is 6.11. The summed E-state index contributed by atoms with van der Waals surface area (Å²) in [4.78, 5) is 27.6. The van der Waals surface area contributed by atoms with E-state index in [1.807, 2.05) is 69.3 Å². The van der Waals surface area contributed by atoms with Crippen molar-refractivity contribution < 1.29 is 9.59 Å². The molecule has 0 aliphatic carbocycles. The molecule has 1 unspecified atom stereocenters. The summed E-state index contributed by atoms with van der Waals surface area (Å²) in [5.41, 5.74) is 1.86. The van der Waals surface area contributed by atoms with Crippen molar-refractivity contribution in [1.29, 1.82) is 0 Å². The maximum atomic E-state index is 13.2. The maximum absolute atomic E-state index is 13.2. The Bertz CT molecular complexity index is 763. The van der Waals surface area contributed by atoms with Gasteiger partial charge in [0.1, 0.15) is 6.04 Å². The summed E-state index contributed by atoms with van der Waals surface area (Å²) in [5, 5.41) is 2.91. The zero-order chi connectivity index (χ0) is 17.3. The second kappa shape index (κ2) is 6.11. The summed E-state index contributed by atoms with van der Waals surface area (Å²) in [6, 6.07) is 16.5. The zero-order valence-electron chi connectivity index (χ0n) is 14.2. The van der Waals surface area contributed by atoms with Gasteiger partial charge in [-0.2, -0.15) is 0 Å². The second-order valence-corrected chi connectivity index (χ2v) is 7.20. The van der Waals surface area contributed by atoms with Crippen molar-refractivity contribution in [1.82, 2.24) is 5.32 Å². The van der Waals surface area contributed by atoms with E-state index in [1.165, 1.54) is 0 Å². The zero-order valence-corrected chi connectivity index (χ0v) is 14.2. The fourth-order valence-electron chi connectivity index (χ4n) is 2.96. The number of carbonyl (C=O) groups excluding carboxylic acids is 2. The second-order valence-electron chi connectivity index (χ2n) is 7.20. The van der Waals surface area contributed by atoms with Gasteiger partial charge in [0.25, 0.3) is 5.91 Å². The molecule has 4 nitrogen and oxygen atoms in total. The molecule has 0 radical (unpaired) electrons. The summed E-state index contributed by atoms with van der Waals surface area (Å²) in [6.45, 7) is 6.34.